The molecule has 45 heavy (non-hydrogen) atoms. The molecule has 0 saturated heterocycles. The molecule has 0 aliphatic carbocycles. The summed E-state index contributed by atoms with van der Waals surface area (Å²) in [5.74, 6) is -4.18. The van der Waals surface area contributed by atoms with Crippen LogP contribution in [0, 0.1) is 27.4 Å². The van der Waals surface area contributed by atoms with Crippen LogP contribution < -0.4 is 8.61 Å². The van der Waals surface area contributed by atoms with Crippen molar-refractivity contribution in [3.63, 3.8) is 0 Å². The van der Waals surface area contributed by atoms with E-state index in [-0.39, 0.29) is 4.88 Å². The molecule has 246 valence electrons. The number of sulfonamides is 2. The summed E-state index contributed by atoms with van der Waals surface area (Å²) in [4.78, 5) is 21.3. The molecule has 0 radical (unpaired) electrons. The van der Waals surface area contributed by atoms with Crippen LogP contribution in [0.3, 0.4) is 0 Å². The maximum Gasteiger partial charge on any atom is 0.349 e. The van der Waals surface area contributed by atoms with Crippen molar-refractivity contribution in [2.24, 2.45) is 0 Å². The Balaban J connectivity index is 0.000000306. The largest absolute Gasteiger partial charge is 0.477 e. The summed E-state index contributed by atoms with van der Waals surface area (Å²) in [6.07, 6.45) is 0. The molecular formula is C25H30N4O12S4. The fourth-order valence-electron chi connectivity index (χ4n) is 3.25. The second-order valence-corrected chi connectivity index (χ2v) is 13.5. The van der Waals surface area contributed by atoms with Gasteiger partial charge < -0.3 is 28.4 Å². The summed E-state index contributed by atoms with van der Waals surface area (Å²) >= 11 is 1.43. The first kappa shape index (κ1) is 21.8. The minimum Gasteiger partial charge on any atom is -0.477 e. The third kappa shape index (κ3) is 7.20. The first-order valence-electron chi connectivity index (χ1n) is 17.5. The molecule has 0 saturated carbocycles. The number of rotatable bonds is 12. The lowest BCUT2D eigenvalue weighted by atomic mass is 10.3. The van der Waals surface area contributed by atoms with Gasteiger partial charge in [0.15, 0.2) is 0 Å². The van der Waals surface area contributed by atoms with Gasteiger partial charge in [0.25, 0.3) is 20.0 Å². The topological polar surface area (TPSA) is 209 Å². The number of aromatic nitrogens is 2. The van der Waals surface area contributed by atoms with Crippen LogP contribution in [0.15, 0.2) is 41.7 Å². The monoisotopic (exact) mass is 718 g/mol. The fourth-order valence-corrected chi connectivity index (χ4v) is 8.44. The highest BCUT2D eigenvalue weighted by Crippen LogP contribution is 2.33. The van der Waals surface area contributed by atoms with E-state index in [9.17, 15) is 31.5 Å². The second-order valence-electron chi connectivity index (χ2n) is 7.99. The van der Waals surface area contributed by atoms with Crippen LogP contribution in [0.25, 0.3) is 0 Å². The van der Waals surface area contributed by atoms with E-state index < -0.39 is 122 Å². The smallest absolute Gasteiger partial charge is 0.349 e. The molecular weight excluding hydrogens is 677 g/mol. The number of carbonyl (C=O) groups is 2. The molecule has 4 heterocycles. The maximum atomic E-state index is 13.2. The van der Waals surface area contributed by atoms with E-state index in [0.717, 1.165) is 44.8 Å². The highest BCUT2D eigenvalue weighted by atomic mass is 32.2. The molecule has 16 nitrogen and oxygen atoms in total. The lowest BCUT2D eigenvalue weighted by molar-refractivity contribution is 0.0601. The Morgan fingerprint density at radius 2 is 1.27 bits per heavy atom. The lowest BCUT2D eigenvalue weighted by Gasteiger charge is -2.20. The van der Waals surface area contributed by atoms with E-state index in [1.165, 1.54) is 10.8 Å². The number of carboxylic acid groups (broad SMARTS) is 1. The number of esters is 1. The van der Waals surface area contributed by atoms with Gasteiger partial charge in [0.1, 0.15) is 33.0 Å². The molecule has 1 N–H and O–H groups in total. The molecule has 0 aliphatic heterocycles. The minimum absolute atomic E-state index is 0.264. The highest BCUT2D eigenvalue weighted by Gasteiger charge is 2.35. The molecule has 0 spiro atoms. The van der Waals surface area contributed by atoms with Gasteiger partial charge in [0, 0.05) is 41.8 Å². The van der Waals surface area contributed by atoms with Crippen LogP contribution in [0.2, 0.25) is 0 Å². The third-order valence-electron chi connectivity index (χ3n) is 5.25. The zero-order chi connectivity index (χ0) is 43.7. The maximum absolute atomic E-state index is 13.2. The molecule has 0 fully saturated rings. The Bertz CT molecular complexity index is 2290. The molecule has 0 bridgehead atoms. The van der Waals surface area contributed by atoms with Crippen molar-refractivity contribution in [3.8, 4) is 0 Å². The van der Waals surface area contributed by atoms with Crippen LogP contribution in [0.1, 0.15) is 58.3 Å². The predicted octanol–water partition coefficient (Wildman–Crippen LogP) is 3.79. The van der Waals surface area contributed by atoms with Crippen molar-refractivity contribution in [1.82, 2.24) is 10.3 Å². The van der Waals surface area contributed by atoms with Gasteiger partial charge in [-0.05, 0) is 50.3 Å². The lowest BCUT2D eigenvalue weighted by Crippen LogP contribution is -2.33. The number of aryl methyl sites for hydroxylation is 2. The molecule has 4 aromatic rings. The summed E-state index contributed by atoms with van der Waals surface area (Å²) < 4.78 is 167. The Morgan fingerprint density at radius 3 is 1.64 bits per heavy atom. The first-order valence-corrected chi connectivity index (χ1v) is 16.1. The van der Waals surface area contributed by atoms with Crippen molar-refractivity contribution in [3.05, 3.63) is 55.2 Å². The van der Waals surface area contributed by atoms with Gasteiger partial charge >= 0.3 is 11.9 Å². The molecule has 0 aliphatic rings. The van der Waals surface area contributed by atoms with Crippen molar-refractivity contribution in [2.45, 2.75) is 37.2 Å². The average molecular weight is 719 g/mol. The van der Waals surface area contributed by atoms with Gasteiger partial charge in [-0.3, -0.25) is 0 Å². The third-order valence-corrected chi connectivity index (χ3v) is 10.8. The zero-order valence-corrected chi connectivity index (χ0v) is 26.3. The minimum atomic E-state index is -4.69. The highest BCUT2D eigenvalue weighted by molar-refractivity contribution is 7.93. The standard InChI is InChI=1S/C13H16N2O6S2.C12H14N2O6S2/c1-8-9(2)14-21-12(8)15(7-19-3)23(17,18)10-5-6-22-11(10)13(16)20-4;1-7-8(2)13-20-11(7)14(6-19-3)22(17,18)9-4-5-21-10(9)12(15)16/h5-6H,7H2,1-4H3;4-5H,6H2,1-3H3,(H,15,16)/i2*1D3,2D3. The molecule has 20 heteroatoms. The summed E-state index contributed by atoms with van der Waals surface area (Å²) in [5, 5.41) is 18.2. The number of nitrogens with zero attached hydrogens (tertiary/aromatic N) is 4. The van der Waals surface area contributed by atoms with Gasteiger partial charge in [-0.2, -0.15) is 0 Å². The van der Waals surface area contributed by atoms with Crippen LogP contribution in [-0.4, -0.2) is 79.0 Å². The summed E-state index contributed by atoms with van der Waals surface area (Å²) in [6, 6.07) is 2.13. The van der Waals surface area contributed by atoms with Crippen molar-refractivity contribution in [2.75, 3.05) is 43.4 Å². The van der Waals surface area contributed by atoms with E-state index in [4.69, 9.17) is 35.0 Å². The molecule has 4 aromatic heterocycles. The number of carboxylic acids is 1. The van der Waals surface area contributed by atoms with Gasteiger partial charge in [0.2, 0.25) is 11.8 Å². The summed E-state index contributed by atoms with van der Waals surface area (Å²) in [7, 11) is -6.02. The van der Waals surface area contributed by atoms with Crippen molar-refractivity contribution in [1.29, 1.82) is 0 Å². The molecule has 0 aromatic carbocycles. The van der Waals surface area contributed by atoms with E-state index in [1.807, 2.05) is 0 Å². The van der Waals surface area contributed by atoms with Gasteiger partial charge in [-0.1, -0.05) is 10.3 Å². The quantitative estimate of drug-likeness (QED) is 0.163. The number of carbonyl (C=O) groups excluding carboxylic acids is 1. The predicted molar refractivity (Wildman–Crippen MR) is 162 cm³/mol. The Labute approximate surface area is 283 Å². The Kier molecular flexibility index (Phi) is 7.04. The van der Waals surface area contributed by atoms with Gasteiger partial charge in [-0.15, -0.1) is 22.7 Å². The number of hydrogen-bond donors (Lipinski definition) is 1. The molecule has 0 amide bonds. The number of hydrogen-bond acceptors (Lipinski definition) is 15. The first-order chi connectivity index (χ1) is 26.0. The van der Waals surface area contributed by atoms with Gasteiger partial charge in [0.05, 0.1) is 18.5 Å². The SMILES string of the molecule is [2H]C([2H])([2H])c1noc(N(COC)S(=O)(=O)c2ccsc2C(=O)O)c1C([2H])([2H])[2H].[2H]C([2H])([2H])c1noc(N(COC)S(=O)(=O)c2ccsc2C(=O)OC)c1C([2H])([2H])[2H]. The van der Waals surface area contributed by atoms with Crippen LogP contribution >= 0.6 is 22.7 Å². The second kappa shape index (κ2) is 14.5. The molecule has 0 atom stereocenters. The summed E-state index contributed by atoms with van der Waals surface area (Å²) in [6.45, 7) is -13.7. The van der Waals surface area contributed by atoms with Crippen molar-refractivity contribution < 1.29 is 71.2 Å². The number of methoxy groups -OCH3 is 3. The number of anilines is 2. The van der Waals surface area contributed by atoms with Crippen molar-refractivity contribution >= 4 is 66.4 Å². The summed E-state index contributed by atoms with van der Waals surface area (Å²) in [5.41, 5.74) is -3.65. The van der Waals surface area contributed by atoms with E-state index in [1.54, 1.807) is 0 Å². The fraction of sp³-hybridized carbons (Fsp3) is 0.360. The van der Waals surface area contributed by atoms with Crippen LogP contribution in [0.4, 0.5) is 11.8 Å². The van der Waals surface area contributed by atoms with Gasteiger partial charge in [-0.25, -0.2) is 35.0 Å². The molecule has 0 unspecified atom stereocenters. The number of thiophene rings is 2. The Hall–Kier alpha value is -3.82. The number of ether oxygens (including phenoxy) is 3. The van der Waals surface area contributed by atoms with E-state index >= 15 is 0 Å². The average Bonchev–Trinajstić information content (AvgIpc) is 3.89. The normalized spacial score (nSPS) is 16.6. The van der Waals surface area contributed by atoms with E-state index in [0.29, 0.717) is 19.9 Å². The zero-order valence-electron chi connectivity index (χ0n) is 35.1. The van der Waals surface area contributed by atoms with E-state index in [2.05, 4.69) is 15.1 Å². The van der Waals surface area contributed by atoms with Crippen LogP contribution in [0.5, 0.6) is 0 Å². The van der Waals surface area contributed by atoms with Crippen LogP contribution in [-0.2, 0) is 34.3 Å². The Morgan fingerprint density at radius 1 is 0.822 bits per heavy atom. The number of aromatic carboxylic acids is 1. The molecule has 4 rings (SSSR count).